The fourth-order valence-corrected chi connectivity index (χ4v) is 2.25. The number of rotatable bonds is 1. The number of carbonyl (C=O) groups is 1. The summed E-state index contributed by atoms with van der Waals surface area (Å²) in [5.74, 6) is -0.246. The van der Waals surface area contributed by atoms with Gasteiger partial charge >= 0.3 is 0 Å². The fraction of sp³-hybridized carbons (Fsp3) is 0.417. The molecule has 15 heavy (non-hydrogen) atoms. The first-order valence-electron chi connectivity index (χ1n) is 5.16. The summed E-state index contributed by atoms with van der Waals surface area (Å²) < 4.78 is 12.9. The molecular formula is C12H12ClFO. The van der Waals surface area contributed by atoms with Gasteiger partial charge in [-0.05, 0) is 30.5 Å². The predicted octanol–water partition coefficient (Wildman–Crippen LogP) is 3.71. The van der Waals surface area contributed by atoms with Crippen molar-refractivity contribution in [3.05, 3.63) is 34.6 Å². The van der Waals surface area contributed by atoms with Crippen molar-refractivity contribution in [3.63, 3.8) is 0 Å². The van der Waals surface area contributed by atoms with Crippen LogP contribution in [0.4, 0.5) is 4.39 Å². The minimum Gasteiger partial charge on any atom is -0.299 e. The molecule has 0 saturated heterocycles. The van der Waals surface area contributed by atoms with Crippen LogP contribution in [0.15, 0.2) is 18.2 Å². The summed E-state index contributed by atoms with van der Waals surface area (Å²) in [6, 6.07) is 4.57. The monoisotopic (exact) mass is 226 g/mol. The first kappa shape index (κ1) is 10.6. The largest absolute Gasteiger partial charge is 0.299 e. The molecule has 0 spiro atoms. The standard InChI is InChI=1S/C12H12ClFO/c13-10-7-8(5-6-11(10)14)9-3-1-2-4-12(9)15/h5-7,9H,1-4H2. The highest BCUT2D eigenvalue weighted by atomic mass is 35.5. The zero-order valence-electron chi connectivity index (χ0n) is 8.30. The Bertz CT molecular complexity index is 389. The van der Waals surface area contributed by atoms with E-state index in [9.17, 15) is 9.18 Å². The maximum absolute atomic E-state index is 12.9. The van der Waals surface area contributed by atoms with Gasteiger partial charge < -0.3 is 0 Å². The first-order chi connectivity index (χ1) is 7.18. The molecule has 0 N–H and O–H groups in total. The van der Waals surface area contributed by atoms with Crippen molar-refractivity contribution < 1.29 is 9.18 Å². The Hall–Kier alpha value is -0.890. The third kappa shape index (κ3) is 2.20. The number of hydrogen-bond acceptors (Lipinski definition) is 1. The zero-order chi connectivity index (χ0) is 10.8. The van der Waals surface area contributed by atoms with E-state index in [1.54, 1.807) is 12.1 Å². The molecule has 1 fully saturated rings. The molecule has 0 amide bonds. The Kier molecular flexibility index (Phi) is 3.06. The van der Waals surface area contributed by atoms with E-state index in [-0.39, 0.29) is 16.7 Å². The van der Waals surface area contributed by atoms with Gasteiger partial charge in [0, 0.05) is 12.3 Å². The Morgan fingerprint density at radius 1 is 1.33 bits per heavy atom. The molecule has 1 saturated carbocycles. The predicted molar refractivity (Wildman–Crippen MR) is 57.6 cm³/mol. The van der Waals surface area contributed by atoms with Crippen LogP contribution in [-0.4, -0.2) is 5.78 Å². The van der Waals surface area contributed by atoms with E-state index in [0.29, 0.717) is 6.42 Å². The van der Waals surface area contributed by atoms with Crippen molar-refractivity contribution in [1.29, 1.82) is 0 Å². The second kappa shape index (κ2) is 4.31. The van der Waals surface area contributed by atoms with Crippen LogP contribution in [0.3, 0.4) is 0 Å². The minimum atomic E-state index is -0.427. The Morgan fingerprint density at radius 3 is 2.80 bits per heavy atom. The highest BCUT2D eigenvalue weighted by Crippen LogP contribution is 2.31. The van der Waals surface area contributed by atoms with Crippen LogP contribution in [0, 0.1) is 5.82 Å². The van der Waals surface area contributed by atoms with Crippen LogP contribution < -0.4 is 0 Å². The van der Waals surface area contributed by atoms with Crippen molar-refractivity contribution in [3.8, 4) is 0 Å². The average molecular weight is 227 g/mol. The molecule has 3 heteroatoms. The van der Waals surface area contributed by atoms with E-state index in [2.05, 4.69) is 0 Å². The van der Waals surface area contributed by atoms with Crippen LogP contribution in [0.2, 0.25) is 5.02 Å². The van der Waals surface area contributed by atoms with E-state index in [0.717, 1.165) is 24.8 Å². The molecular weight excluding hydrogens is 215 g/mol. The van der Waals surface area contributed by atoms with Gasteiger partial charge in [0.05, 0.1) is 5.02 Å². The molecule has 1 unspecified atom stereocenters. The smallest absolute Gasteiger partial charge is 0.141 e. The van der Waals surface area contributed by atoms with Gasteiger partial charge in [0.15, 0.2) is 0 Å². The summed E-state index contributed by atoms with van der Waals surface area (Å²) in [7, 11) is 0. The summed E-state index contributed by atoms with van der Waals surface area (Å²) in [6.07, 6.45) is 3.54. The number of Topliss-reactive ketones (excluding diaryl/α,β-unsaturated/α-hetero) is 1. The summed E-state index contributed by atoms with van der Waals surface area (Å²) in [5, 5.41) is 0.103. The van der Waals surface area contributed by atoms with Crippen LogP contribution in [-0.2, 0) is 4.79 Å². The SMILES string of the molecule is O=C1CCCCC1c1ccc(F)c(Cl)c1. The molecule has 0 heterocycles. The van der Waals surface area contributed by atoms with Gasteiger partial charge in [-0.15, -0.1) is 0 Å². The quantitative estimate of drug-likeness (QED) is 0.714. The lowest BCUT2D eigenvalue weighted by Crippen LogP contribution is -2.16. The van der Waals surface area contributed by atoms with Gasteiger partial charge in [0.25, 0.3) is 0 Å². The molecule has 1 aliphatic rings. The molecule has 2 rings (SSSR count). The van der Waals surface area contributed by atoms with Crippen LogP contribution in [0.25, 0.3) is 0 Å². The van der Waals surface area contributed by atoms with Gasteiger partial charge in [-0.25, -0.2) is 4.39 Å². The highest BCUT2D eigenvalue weighted by molar-refractivity contribution is 6.30. The second-order valence-electron chi connectivity index (χ2n) is 3.94. The van der Waals surface area contributed by atoms with Crippen LogP contribution >= 0.6 is 11.6 Å². The number of carbonyl (C=O) groups excluding carboxylic acids is 1. The Morgan fingerprint density at radius 2 is 2.13 bits per heavy atom. The molecule has 1 aromatic rings. The number of halogens is 2. The molecule has 1 atom stereocenters. The maximum Gasteiger partial charge on any atom is 0.141 e. The lowest BCUT2D eigenvalue weighted by molar-refractivity contribution is -0.121. The summed E-state index contributed by atoms with van der Waals surface area (Å²) >= 11 is 5.69. The third-order valence-electron chi connectivity index (χ3n) is 2.90. The normalized spacial score (nSPS) is 21.7. The number of ketones is 1. The zero-order valence-corrected chi connectivity index (χ0v) is 9.06. The average Bonchev–Trinajstić information content (AvgIpc) is 2.23. The highest BCUT2D eigenvalue weighted by Gasteiger charge is 2.24. The summed E-state index contributed by atoms with van der Waals surface area (Å²) in [5.41, 5.74) is 0.853. The molecule has 1 nitrogen and oxygen atoms in total. The summed E-state index contributed by atoms with van der Waals surface area (Å²) in [6.45, 7) is 0. The third-order valence-corrected chi connectivity index (χ3v) is 3.19. The maximum atomic E-state index is 12.9. The van der Waals surface area contributed by atoms with Crippen LogP contribution in [0.5, 0.6) is 0 Å². The van der Waals surface area contributed by atoms with Crippen molar-refractivity contribution in [2.75, 3.05) is 0 Å². The fourth-order valence-electron chi connectivity index (χ4n) is 2.06. The first-order valence-corrected chi connectivity index (χ1v) is 5.54. The molecule has 1 aliphatic carbocycles. The summed E-state index contributed by atoms with van der Waals surface area (Å²) in [4.78, 5) is 11.7. The van der Waals surface area contributed by atoms with Gasteiger partial charge in [-0.3, -0.25) is 4.79 Å². The van der Waals surface area contributed by atoms with Gasteiger partial charge in [0.1, 0.15) is 11.6 Å². The molecule has 0 radical (unpaired) electrons. The van der Waals surface area contributed by atoms with E-state index in [1.165, 1.54) is 6.07 Å². The lowest BCUT2D eigenvalue weighted by atomic mass is 9.83. The molecule has 80 valence electrons. The van der Waals surface area contributed by atoms with E-state index in [4.69, 9.17) is 11.6 Å². The van der Waals surface area contributed by atoms with Crippen molar-refractivity contribution in [2.45, 2.75) is 31.6 Å². The molecule has 1 aromatic carbocycles. The van der Waals surface area contributed by atoms with E-state index >= 15 is 0 Å². The molecule has 0 bridgehead atoms. The lowest BCUT2D eigenvalue weighted by Gasteiger charge is -2.20. The van der Waals surface area contributed by atoms with Crippen molar-refractivity contribution >= 4 is 17.4 Å². The van der Waals surface area contributed by atoms with Gasteiger partial charge in [-0.2, -0.15) is 0 Å². The van der Waals surface area contributed by atoms with Crippen molar-refractivity contribution in [1.82, 2.24) is 0 Å². The second-order valence-corrected chi connectivity index (χ2v) is 4.35. The number of benzene rings is 1. The molecule has 0 aliphatic heterocycles. The van der Waals surface area contributed by atoms with E-state index in [1.807, 2.05) is 0 Å². The van der Waals surface area contributed by atoms with Gasteiger partial charge in [-0.1, -0.05) is 24.1 Å². The van der Waals surface area contributed by atoms with E-state index < -0.39 is 5.82 Å². The van der Waals surface area contributed by atoms with Gasteiger partial charge in [0.2, 0.25) is 0 Å². The Labute approximate surface area is 93.2 Å². The van der Waals surface area contributed by atoms with Crippen LogP contribution in [0.1, 0.15) is 37.2 Å². The minimum absolute atomic E-state index is 0.0724. The van der Waals surface area contributed by atoms with Crippen molar-refractivity contribution in [2.24, 2.45) is 0 Å². The molecule has 0 aromatic heterocycles. The Balaban J connectivity index is 2.28. The number of hydrogen-bond donors (Lipinski definition) is 0. The topological polar surface area (TPSA) is 17.1 Å².